The molecule has 8 heteroatoms. The molecule has 0 aliphatic rings. The second-order valence-corrected chi connectivity index (χ2v) is 3.97. The van der Waals surface area contributed by atoms with Crippen molar-refractivity contribution in [3.8, 4) is 22.7 Å². The van der Waals surface area contributed by atoms with Crippen LogP contribution in [0.15, 0.2) is 40.9 Å². The fourth-order valence-corrected chi connectivity index (χ4v) is 1.86. The van der Waals surface area contributed by atoms with Crippen LogP contribution in [0.1, 0.15) is 0 Å². The zero-order chi connectivity index (χ0) is 14.1. The molecule has 0 aliphatic heterocycles. The van der Waals surface area contributed by atoms with Crippen LogP contribution in [0.4, 0.5) is 11.7 Å². The summed E-state index contributed by atoms with van der Waals surface area (Å²) < 4.78 is 5.15. The lowest BCUT2D eigenvalue weighted by molar-refractivity contribution is -0.401. The molecule has 0 amide bonds. The van der Waals surface area contributed by atoms with E-state index in [2.05, 4.69) is 15.2 Å². The standard InChI is InChI=1S/C12H9N5O3/c13-12-10(7-3-1-2-6-14-7)11(15-16-12)8-4-5-9(20-8)17(18)19/h1-6H,(H3,13,15,16). The Morgan fingerprint density at radius 2 is 2.15 bits per heavy atom. The first-order valence-corrected chi connectivity index (χ1v) is 5.66. The van der Waals surface area contributed by atoms with E-state index in [1.54, 1.807) is 18.3 Å². The minimum absolute atomic E-state index is 0.248. The molecular weight excluding hydrogens is 262 g/mol. The van der Waals surface area contributed by atoms with Crippen LogP contribution in [0.5, 0.6) is 0 Å². The maximum Gasteiger partial charge on any atom is 0.433 e. The molecule has 0 radical (unpaired) electrons. The van der Waals surface area contributed by atoms with Gasteiger partial charge < -0.3 is 10.2 Å². The van der Waals surface area contributed by atoms with E-state index in [1.165, 1.54) is 12.1 Å². The molecule has 0 fully saturated rings. The second kappa shape index (κ2) is 4.50. The normalized spacial score (nSPS) is 10.6. The van der Waals surface area contributed by atoms with Crippen LogP contribution in [0.2, 0.25) is 0 Å². The topological polar surface area (TPSA) is 124 Å². The number of nitrogens with zero attached hydrogens (tertiary/aromatic N) is 3. The maximum atomic E-state index is 10.7. The van der Waals surface area contributed by atoms with Crippen molar-refractivity contribution >= 4 is 11.7 Å². The molecule has 0 saturated heterocycles. The van der Waals surface area contributed by atoms with Gasteiger partial charge in [-0.2, -0.15) is 5.10 Å². The molecule has 3 N–H and O–H groups in total. The molecular formula is C12H9N5O3. The fourth-order valence-electron chi connectivity index (χ4n) is 1.86. The minimum Gasteiger partial charge on any atom is -0.399 e. The largest absolute Gasteiger partial charge is 0.433 e. The van der Waals surface area contributed by atoms with Crippen LogP contribution in [0.25, 0.3) is 22.7 Å². The molecule has 0 aliphatic carbocycles. The Hall–Kier alpha value is -3.16. The zero-order valence-electron chi connectivity index (χ0n) is 10.1. The van der Waals surface area contributed by atoms with Gasteiger partial charge in [-0.3, -0.25) is 20.2 Å². The number of nitrogen functional groups attached to an aromatic ring is 1. The summed E-state index contributed by atoms with van der Waals surface area (Å²) in [4.78, 5) is 14.2. The smallest absolute Gasteiger partial charge is 0.399 e. The summed E-state index contributed by atoms with van der Waals surface area (Å²) in [5.41, 5.74) is 7.43. The predicted octanol–water partition coefficient (Wildman–Crippen LogP) is 2.22. The van der Waals surface area contributed by atoms with Gasteiger partial charge in [0.05, 0.1) is 17.3 Å². The third-order valence-corrected chi connectivity index (χ3v) is 2.73. The van der Waals surface area contributed by atoms with Gasteiger partial charge in [0.15, 0.2) is 11.6 Å². The van der Waals surface area contributed by atoms with E-state index in [-0.39, 0.29) is 17.5 Å². The molecule has 0 aromatic carbocycles. The van der Waals surface area contributed by atoms with Crippen LogP contribution in [0.3, 0.4) is 0 Å². The quantitative estimate of drug-likeness (QED) is 0.556. The van der Waals surface area contributed by atoms with E-state index >= 15 is 0 Å². The number of aromatic amines is 1. The molecule has 3 aromatic heterocycles. The highest BCUT2D eigenvalue weighted by molar-refractivity contribution is 5.84. The fraction of sp³-hybridized carbons (Fsp3) is 0. The summed E-state index contributed by atoms with van der Waals surface area (Å²) in [6.07, 6.45) is 1.62. The van der Waals surface area contributed by atoms with Gasteiger partial charge in [0.25, 0.3) is 0 Å². The molecule has 0 atom stereocenters. The summed E-state index contributed by atoms with van der Waals surface area (Å²) in [5, 5.41) is 17.3. The summed E-state index contributed by atoms with van der Waals surface area (Å²) >= 11 is 0. The average molecular weight is 271 g/mol. The number of nitrogens with two attached hydrogens (primary N) is 1. The van der Waals surface area contributed by atoms with Crippen LogP contribution in [0, 0.1) is 10.1 Å². The third kappa shape index (κ3) is 1.88. The van der Waals surface area contributed by atoms with Crippen molar-refractivity contribution in [1.29, 1.82) is 0 Å². The third-order valence-electron chi connectivity index (χ3n) is 2.73. The predicted molar refractivity (Wildman–Crippen MR) is 70.6 cm³/mol. The highest BCUT2D eigenvalue weighted by atomic mass is 16.6. The summed E-state index contributed by atoms with van der Waals surface area (Å²) in [7, 11) is 0. The minimum atomic E-state index is -0.607. The number of hydrogen-bond acceptors (Lipinski definition) is 6. The van der Waals surface area contributed by atoms with Crippen LogP contribution in [-0.4, -0.2) is 20.1 Å². The van der Waals surface area contributed by atoms with E-state index < -0.39 is 4.92 Å². The molecule has 20 heavy (non-hydrogen) atoms. The van der Waals surface area contributed by atoms with Crippen molar-refractivity contribution in [3.05, 3.63) is 46.6 Å². The lowest BCUT2D eigenvalue weighted by Crippen LogP contribution is -1.90. The highest BCUT2D eigenvalue weighted by Crippen LogP contribution is 2.35. The van der Waals surface area contributed by atoms with Gasteiger partial charge in [0.2, 0.25) is 0 Å². The van der Waals surface area contributed by atoms with Crippen LogP contribution < -0.4 is 5.73 Å². The number of nitrogens with one attached hydrogen (secondary N) is 1. The number of nitro groups is 1. The van der Waals surface area contributed by atoms with E-state index in [9.17, 15) is 10.1 Å². The van der Waals surface area contributed by atoms with Crippen LogP contribution >= 0.6 is 0 Å². The number of hydrogen-bond donors (Lipinski definition) is 2. The van der Waals surface area contributed by atoms with Crippen molar-refractivity contribution < 1.29 is 9.34 Å². The lowest BCUT2D eigenvalue weighted by Gasteiger charge is -2.00. The first-order chi connectivity index (χ1) is 9.66. The van der Waals surface area contributed by atoms with E-state index in [0.29, 0.717) is 17.0 Å². The Bertz CT molecular complexity index is 763. The Morgan fingerprint density at radius 3 is 2.80 bits per heavy atom. The molecule has 0 unspecified atom stereocenters. The van der Waals surface area contributed by atoms with E-state index in [1.807, 2.05) is 6.07 Å². The number of H-pyrrole nitrogens is 1. The zero-order valence-corrected chi connectivity index (χ0v) is 10.1. The first-order valence-electron chi connectivity index (χ1n) is 5.66. The molecule has 100 valence electrons. The summed E-state index contributed by atoms with van der Waals surface area (Å²) in [6.45, 7) is 0. The number of rotatable bonds is 3. The van der Waals surface area contributed by atoms with Crippen molar-refractivity contribution in [2.24, 2.45) is 0 Å². The summed E-state index contributed by atoms with van der Waals surface area (Å²) in [6, 6.07) is 8.11. The Balaban J connectivity index is 2.13. The number of pyridine rings is 1. The van der Waals surface area contributed by atoms with Gasteiger partial charge in [-0.05, 0) is 18.2 Å². The van der Waals surface area contributed by atoms with Crippen molar-refractivity contribution in [2.75, 3.05) is 5.73 Å². The Morgan fingerprint density at radius 1 is 1.30 bits per heavy atom. The molecule has 0 bridgehead atoms. The summed E-state index contributed by atoms with van der Waals surface area (Å²) in [5.74, 6) is 0.180. The van der Waals surface area contributed by atoms with Crippen molar-refractivity contribution in [3.63, 3.8) is 0 Å². The number of furan rings is 1. The van der Waals surface area contributed by atoms with Crippen molar-refractivity contribution in [2.45, 2.75) is 0 Å². The van der Waals surface area contributed by atoms with Gasteiger partial charge in [-0.1, -0.05) is 6.07 Å². The molecule has 3 rings (SSSR count). The number of aromatic nitrogens is 3. The van der Waals surface area contributed by atoms with Gasteiger partial charge in [-0.15, -0.1) is 0 Å². The Labute approximate surface area is 112 Å². The first kappa shape index (κ1) is 11.9. The molecule has 3 aromatic rings. The maximum absolute atomic E-state index is 10.7. The monoisotopic (exact) mass is 271 g/mol. The van der Waals surface area contributed by atoms with E-state index in [4.69, 9.17) is 10.2 Å². The van der Waals surface area contributed by atoms with Crippen LogP contribution in [-0.2, 0) is 0 Å². The van der Waals surface area contributed by atoms with Gasteiger partial charge in [-0.25, -0.2) is 0 Å². The second-order valence-electron chi connectivity index (χ2n) is 3.97. The van der Waals surface area contributed by atoms with Crippen molar-refractivity contribution in [1.82, 2.24) is 15.2 Å². The number of anilines is 1. The van der Waals surface area contributed by atoms with Gasteiger partial charge >= 0.3 is 5.88 Å². The lowest BCUT2D eigenvalue weighted by atomic mass is 10.1. The SMILES string of the molecule is Nc1n[nH]c(-c2ccc([N+](=O)[O-])o2)c1-c1ccccn1. The average Bonchev–Trinajstić information content (AvgIpc) is 3.06. The van der Waals surface area contributed by atoms with Gasteiger partial charge in [0.1, 0.15) is 10.6 Å². The molecule has 0 spiro atoms. The van der Waals surface area contributed by atoms with E-state index in [0.717, 1.165) is 0 Å². The molecule has 8 nitrogen and oxygen atoms in total. The Kier molecular flexibility index (Phi) is 2.68. The van der Waals surface area contributed by atoms with Gasteiger partial charge in [0, 0.05) is 6.20 Å². The molecule has 3 heterocycles. The molecule has 0 saturated carbocycles. The highest BCUT2D eigenvalue weighted by Gasteiger charge is 2.20.